The molecular weight excluding hydrogens is 402 g/mol. The van der Waals surface area contributed by atoms with Gasteiger partial charge in [0.05, 0.1) is 11.1 Å². The van der Waals surface area contributed by atoms with Gasteiger partial charge in [-0.1, -0.05) is 48.6 Å². The first-order chi connectivity index (χ1) is 14.1. The lowest BCUT2D eigenvalue weighted by Gasteiger charge is -2.15. The molecular formula is C24H16F6. The topological polar surface area (TPSA) is 0 Å². The van der Waals surface area contributed by atoms with E-state index < -0.39 is 23.5 Å². The van der Waals surface area contributed by atoms with Crippen LogP contribution >= 0.6 is 0 Å². The lowest BCUT2D eigenvalue weighted by molar-refractivity contribution is -0.138. The molecule has 1 fully saturated rings. The van der Waals surface area contributed by atoms with E-state index in [1.807, 2.05) is 12.2 Å². The van der Waals surface area contributed by atoms with E-state index in [4.69, 9.17) is 0 Å². The molecule has 0 spiro atoms. The van der Waals surface area contributed by atoms with Gasteiger partial charge in [-0.2, -0.15) is 26.3 Å². The summed E-state index contributed by atoms with van der Waals surface area (Å²) in [6, 6.07) is 10.4. The summed E-state index contributed by atoms with van der Waals surface area (Å²) in [5.41, 5.74) is 2.07. The van der Waals surface area contributed by atoms with Gasteiger partial charge >= 0.3 is 12.4 Å². The highest BCUT2D eigenvalue weighted by atomic mass is 19.4. The maximum absolute atomic E-state index is 12.9. The van der Waals surface area contributed by atoms with Crippen molar-refractivity contribution >= 4 is 11.1 Å². The van der Waals surface area contributed by atoms with Crippen LogP contribution in [-0.2, 0) is 12.4 Å². The minimum absolute atomic E-state index is 0.126. The van der Waals surface area contributed by atoms with Crippen LogP contribution in [0.15, 0.2) is 72.8 Å². The summed E-state index contributed by atoms with van der Waals surface area (Å²) in [6.07, 6.45) is -0.425. The smallest absolute Gasteiger partial charge is 0.166 e. The van der Waals surface area contributed by atoms with Crippen molar-refractivity contribution in [3.05, 3.63) is 95.1 Å². The fourth-order valence-electron chi connectivity index (χ4n) is 4.64. The van der Waals surface area contributed by atoms with Gasteiger partial charge < -0.3 is 0 Å². The second kappa shape index (κ2) is 6.37. The summed E-state index contributed by atoms with van der Waals surface area (Å²) >= 11 is 0. The quantitative estimate of drug-likeness (QED) is 0.356. The molecule has 4 aliphatic rings. The number of hydrogen-bond donors (Lipinski definition) is 0. The van der Waals surface area contributed by atoms with Crippen molar-refractivity contribution < 1.29 is 26.3 Å². The minimum atomic E-state index is -4.38. The highest BCUT2D eigenvalue weighted by Gasteiger charge is 2.52. The van der Waals surface area contributed by atoms with Gasteiger partial charge in [0.25, 0.3) is 0 Å². The summed E-state index contributed by atoms with van der Waals surface area (Å²) < 4.78 is 77.3. The molecule has 1 saturated carbocycles. The van der Waals surface area contributed by atoms with Crippen molar-refractivity contribution in [2.45, 2.75) is 12.4 Å². The molecule has 6 rings (SSSR count). The second-order valence-corrected chi connectivity index (χ2v) is 7.99. The standard InChI is InChI=1S/C24H16F6/c25-23(26,27)16-6-1-13(2-7-16)19-12-21-18-10-5-15(19)11-20(22(18)21)14-3-8-17(9-4-14)24(28,29)30/h1-12,15,18,21-22H/t15-,18-,21+,22+/m1/s1. The molecule has 0 heterocycles. The van der Waals surface area contributed by atoms with Crippen LogP contribution in [-0.4, -0.2) is 0 Å². The highest BCUT2D eigenvalue weighted by Crippen LogP contribution is 2.61. The molecule has 4 bridgehead atoms. The number of benzene rings is 2. The molecule has 0 amide bonds. The second-order valence-electron chi connectivity index (χ2n) is 7.99. The van der Waals surface area contributed by atoms with Crippen LogP contribution in [0.1, 0.15) is 22.3 Å². The molecule has 2 aromatic carbocycles. The van der Waals surface area contributed by atoms with Gasteiger partial charge in [-0.25, -0.2) is 0 Å². The van der Waals surface area contributed by atoms with E-state index in [-0.39, 0.29) is 23.7 Å². The van der Waals surface area contributed by atoms with E-state index in [1.165, 1.54) is 24.3 Å². The Morgan fingerprint density at radius 3 is 1.53 bits per heavy atom. The third-order valence-corrected chi connectivity index (χ3v) is 6.21. The summed E-state index contributed by atoms with van der Waals surface area (Å²) in [4.78, 5) is 0. The first-order valence-corrected chi connectivity index (χ1v) is 9.60. The third-order valence-electron chi connectivity index (χ3n) is 6.21. The Balaban J connectivity index is 1.49. The van der Waals surface area contributed by atoms with Crippen LogP contribution in [0, 0.1) is 23.7 Å². The summed E-state index contributed by atoms with van der Waals surface area (Å²) in [7, 11) is 0. The molecule has 0 aliphatic heterocycles. The number of halogens is 6. The average Bonchev–Trinajstić information content (AvgIpc) is 3.44. The minimum Gasteiger partial charge on any atom is -0.166 e. The fourth-order valence-corrected chi connectivity index (χ4v) is 4.64. The number of allylic oxidation sites excluding steroid dienone is 6. The van der Waals surface area contributed by atoms with E-state index in [0.717, 1.165) is 46.5 Å². The van der Waals surface area contributed by atoms with Crippen molar-refractivity contribution in [1.82, 2.24) is 0 Å². The molecule has 0 nitrogen and oxygen atoms in total. The predicted octanol–water partition coefficient (Wildman–Crippen LogP) is 7.25. The maximum Gasteiger partial charge on any atom is 0.416 e. The SMILES string of the molecule is FC(F)(F)c1ccc(C2=C[C@H]3[C@H]4C=C[C@@H]2C=C(c2ccc(C(F)(F)F)cc2)[C@H]43)cc1. The molecule has 0 saturated heterocycles. The van der Waals surface area contributed by atoms with E-state index in [2.05, 4.69) is 12.2 Å². The Labute approximate surface area is 169 Å². The Hall–Kier alpha value is -2.76. The third kappa shape index (κ3) is 3.18. The number of hydrogen-bond acceptors (Lipinski definition) is 0. The molecule has 154 valence electrons. The lowest BCUT2D eigenvalue weighted by Crippen LogP contribution is -2.05. The highest BCUT2D eigenvalue weighted by molar-refractivity contribution is 5.82. The van der Waals surface area contributed by atoms with Crippen LogP contribution in [0.2, 0.25) is 0 Å². The maximum atomic E-state index is 12.9. The van der Waals surface area contributed by atoms with Crippen LogP contribution in [0.25, 0.3) is 11.1 Å². The largest absolute Gasteiger partial charge is 0.416 e. The summed E-state index contributed by atoms with van der Waals surface area (Å²) in [5.74, 6) is 0.545. The molecule has 0 unspecified atom stereocenters. The van der Waals surface area contributed by atoms with Gasteiger partial charge in [0.1, 0.15) is 0 Å². The molecule has 0 aromatic heterocycles. The Morgan fingerprint density at radius 2 is 1.03 bits per heavy atom. The van der Waals surface area contributed by atoms with Crippen molar-refractivity contribution in [2.24, 2.45) is 23.7 Å². The van der Waals surface area contributed by atoms with Crippen molar-refractivity contribution in [3.63, 3.8) is 0 Å². The Bertz CT molecular complexity index is 1060. The zero-order chi connectivity index (χ0) is 21.3. The van der Waals surface area contributed by atoms with Gasteiger partial charge in [-0.3, -0.25) is 0 Å². The van der Waals surface area contributed by atoms with Crippen molar-refractivity contribution in [2.75, 3.05) is 0 Å². The monoisotopic (exact) mass is 418 g/mol. The zero-order valence-electron chi connectivity index (χ0n) is 15.5. The van der Waals surface area contributed by atoms with E-state index in [1.54, 1.807) is 0 Å². The van der Waals surface area contributed by atoms with Gasteiger partial charge in [0, 0.05) is 5.92 Å². The van der Waals surface area contributed by atoms with Gasteiger partial charge in [-0.05, 0) is 64.3 Å². The average molecular weight is 418 g/mol. The van der Waals surface area contributed by atoms with Gasteiger partial charge in [0.15, 0.2) is 0 Å². The molecule has 6 heteroatoms. The van der Waals surface area contributed by atoms with Crippen LogP contribution < -0.4 is 0 Å². The molecule has 2 aromatic rings. The van der Waals surface area contributed by atoms with Crippen LogP contribution in [0.3, 0.4) is 0 Å². The molecule has 0 N–H and O–H groups in total. The fraction of sp³-hybridized carbons (Fsp3) is 0.250. The lowest BCUT2D eigenvalue weighted by atomic mass is 9.90. The first-order valence-electron chi connectivity index (χ1n) is 9.60. The normalized spacial score (nSPS) is 27.3. The molecule has 0 radical (unpaired) electrons. The molecule has 4 atom stereocenters. The molecule has 30 heavy (non-hydrogen) atoms. The number of alkyl halides is 6. The molecule has 4 aliphatic carbocycles. The van der Waals surface area contributed by atoms with E-state index >= 15 is 0 Å². The van der Waals surface area contributed by atoms with Gasteiger partial charge in [-0.15, -0.1) is 0 Å². The van der Waals surface area contributed by atoms with Crippen molar-refractivity contribution in [1.29, 1.82) is 0 Å². The van der Waals surface area contributed by atoms with Crippen LogP contribution in [0.4, 0.5) is 26.3 Å². The van der Waals surface area contributed by atoms with Crippen molar-refractivity contribution in [3.8, 4) is 0 Å². The Kier molecular flexibility index (Phi) is 4.08. The first kappa shape index (κ1) is 19.2. The van der Waals surface area contributed by atoms with E-state index in [0.29, 0.717) is 0 Å². The summed E-state index contributed by atoms with van der Waals surface area (Å²) in [5, 5.41) is 0. The van der Waals surface area contributed by atoms with Crippen LogP contribution in [0.5, 0.6) is 0 Å². The summed E-state index contributed by atoms with van der Waals surface area (Å²) in [6.45, 7) is 0. The zero-order valence-corrected chi connectivity index (χ0v) is 15.5. The predicted molar refractivity (Wildman–Crippen MR) is 102 cm³/mol. The van der Waals surface area contributed by atoms with Gasteiger partial charge in [0.2, 0.25) is 0 Å². The van der Waals surface area contributed by atoms with E-state index in [9.17, 15) is 26.3 Å². The number of rotatable bonds is 2. The Morgan fingerprint density at radius 1 is 0.533 bits per heavy atom.